The molecule has 0 aromatic carbocycles. The second-order valence-electron chi connectivity index (χ2n) is 8.84. The standard InChI is InChI=1S/C22H35N5O2/c1-14(2)19-11-17(18-12-24-27(16(5)6)21(18)25-19)22(28)23-13-20(15(3)4)26-7-9-29-10-8-26/h11-12,14-16,20H,7-10,13H2,1-6H3,(H,23,28). The second kappa shape index (κ2) is 9.22. The molecule has 3 rings (SSSR count). The molecule has 0 aliphatic carbocycles. The van der Waals surface area contributed by atoms with Gasteiger partial charge in [-0.25, -0.2) is 9.67 Å². The number of aromatic nitrogens is 3. The predicted molar refractivity (Wildman–Crippen MR) is 115 cm³/mol. The first-order valence-electron chi connectivity index (χ1n) is 10.8. The maximum atomic E-state index is 13.2. The molecule has 2 aromatic rings. The lowest BCUT2D eigenvalue weighted by molar-refractivity contribution is 0.00673. The molecular formula is C22H35N5O2. The van der Waals surface area contributed by atoms with Gasteiger partial charge in [-0.3, -0.25) is 9.69 Å². The Bertz CT molecular complexity index is 837. The van der Waals surface area contributed by atoms with Crippen molar-refractivity contribution in [2.75, 3.05) is 32.8 Å². The van der Waals surface area contributed by atoms with Gasteiger partial charge in [0.2, 0.25) is 0 Å². The molecule has 1 fully saturated rings. The third kappa shape index (κ3) is 4.78. The minimum absolute atomic E-state index is 0.0542. The van der Waals surface area contributed by atoms with Gasteiger partial charge in [0.05, 0.1) is 30.4 Å². The normalized spacial score (nSPS) is 16.9. The van der Waals surface area contributed by atoms with Crippen molar-refractivity contribution in [3.63, 3.8) is 0 Å². The van der Waals surface area contributed by atoms with Gasteiger partial charge in [0.1, 0.15) is 0 Å². The van der Waals surface area contributed by atoms with Crippen molar-refractivity contribution in [2.45, 2.75) is 59.5 Å². The molecule has 0 bridgehead atoms. The highest BCUT2D eigenvalue weighted by atomic mass is 16.5. The van der Waals surface area contributed by atoms with E-state index >= 15 is 0 Å². The number of rotatable bonds is 7. The van der Waals surface area contributed by atoms with Gasteiger partial charge < -0.3 is 10.1 Å². The summed E-state index contributed by atoms with van der Waals surface area (Å²) in [5.41, 5.74) is 2.36. The molecule has 0 saturated carbocycles. The van der Waals surface area contributed by atoms with Crippen LogP contribution >= 0.6 is 0 Å². The Hall–Kier alpha value is -1.99. The Balaban J connectivity index is 1.85. The second-order valence-corrected chi connectivity index (χ2v) is 8.84. The number of ether oxygens (including phenoxy) is 1. The topological polar surface area (TPSA) is 72.3 Å². The lowest BCUT2D eigenvalue weighted by atomic mass is 10.0. The number of amides is 1. The molecule has 2 aromatic heterocycles. The molecule has 0 radical (unpaired) electrons. The largest absolute Gasteiger partial charge is 0.379 e. The van der Waals surface area contributed by atoms with Crippen LogP contribution in [0.4, 0.5) is 0 Å². The van der Waals surface area contributed by atoms with Gasteiger partial charge >= 0.3 is 0 Å². The van der Waals surface area contributed by atoms with Crippen molar-refractivity contribution in [1.82, 2.24) is 25.0 Å². The number of pyridine rings is 1. The summed E-state index contributed by atoms with van der Waals surface area (Å²) in [7, 11) is 0. The van der Waals surface area contributed by atoms with E-state index < -0.39 is 0 Å². The molecule has 7 heteroatoms. The van der Waals surface area contributed by atoms with Gasteiger partial charge in [-0.2, -0.15) is 5.10 Å². The molecule has 7 nitrogen and oxygen atoms in total. The van der Waals surface area contributed by atoms with Crippen LogP contribution in [0.15, 0.2) is 12.3 Å². The Labute approximate surface area is 173 Å². The lowest BCUT2D eigenvalue weighted by Gasteiger charge is -2.36. The van der Waals surface area contributed by atoms with Gasteiger partial charge in [-0.15, -0.1) is 0 Å². The van der Waals surface area contributed by atoms with E-state index in [0.717, 1.165) is 43.0 Å². The molecule has 0 spiro atoms. The number of fused-ring (bicyclic) bond motifs is 1. The molecule has 1 unspecified atom stereocenters. The van der Waals surface area contributed by atoms with Crippen LogP contribution in [-0.2, 0) is 4.74 Å². The summed E-state index contributed by atoms with van der Waals surface area (Å²) in [6.07, 6.45) is 1.77. The van der Waals surface area contributed by atoms with Gasteiger partial charge in [-0.05, 0) is 31.7 Å². The lowest BCUT2D eigenvalue weighted by Crippen LogP contribution is -2.51. The molecule has 160 valence electrons. The fourth-order valence-corrected chi connectivity index (χ4v) is 3.89. The smallest absolute Gasteiger partial charge is 0.252 e. The van der Waals surface area contributed by atoms with Crippen LogP contribution in [0.5, 0.6) is 0 Å². The van der Waals surface area contributed by atoms with Crippen LogP contribution in [0, 0.1) is 5.92 Å². The fraction of sp³-hybridized carbons (Fsp3) is 0.682. The van der Waals surface area contributed by atoms with Crippen LogP contribution in [0.1, 0.15) is 69.6 Å². The summed E-state index contributed by atoms with van der Waals surface area (Å²) in [6.45, 7) is 16.7. The van der Waals surface area contributed by atoms with Crippen molar-refractivity contribution in [1.29, 1.82) is 0 Å². The summed E-state index contributed by atoms with van der Waals surface area (Å²) < 4.78 is 7.38. The zero-order valence-corrected chi connectivity index (χ0v) is 18.6. The first-order valence-corrected chi connectivity index (χ1v) is 10.8. The number of nitrogens with zero attached hydrogens (tertiary/aromatic N) is 4. The molecule has 3 heterocycles. The van der Waals surface area contributed by atoms with E-state index in [1.54, 1.807) is 6.20 Å². The molecule has 1 N–H and O–H groups in total. The average Bonchev–Trinajstić information content (AvgIpc) is 3.12. The molecule has 1 saturated heterocycles. The SMILES string of the molecule is CC(C)c1cc(C(=O)NCC(C(C)C)N2CCOCC2)c2cnn(C(C)C)c2n1. The summed E-state index contributed by atoms with van der Waals surface area (Å²) in [6, 6.07) is 2.40. The highest BCUT2D eigenvalue weighted by Gasteiger charge is 2.25. The first kappa shape index (κ1) is 21.7. The third-order valence-corrected chi connectivity index (χ3v) is 5.67. The first-order chi connectivity index (χ1) is 13.8. The average molecular weight is 402 g/mol. The minimum Gasteiger partial charge on any atom is -0.379 e. The van der Waals surface area contributed by atoms with Crippen molar-refractivity contribution in [3.8, 4) is 0 Å². The van der Waals surface area contributed by atoms with E-state index in [4.69, 9.17) is 9.72 Å². The fourth-order valence-electron chi connectivity index (χ4n) is 3.89. The van der Waals surface area contributed by atoms with E-state index in [-0.39, 0.29) is 17.9 Å². The predicted octanol–water partition coefficient (Wildman–Crippen LogP) is 3.22. The highest BCUT2D eigenvalue weighted by Crippen LogP contribution is 2.24. The number of hydrogen-bond acceptors (Lipinski definition) is 5. The van der Waals surface area contributed by atoms with E-state index in [0.29, 0.717) is 24.1 Å². The van der Waals surface area contributed by atoms with Crippen LogP contribution in [0.25, 0.3) is 11.0 Å². The number of carbonyl (C=O) groups excluding carboxylic acids is 1. The number of morpholine rings is 1. The van der Waals surface area contributed by atoms with Crippen molar-refractivity contribution in [2.24, 2.45) is 5.92 Å². The monoisotopic (exact) mass is 401 g/mol. The van der Waals surface area contributed by atoms with Crippen molar-refractivity contribution < 1.29 is 9.53 Å². The van der Waals surface area contributed by atoms with Crippen molar-refractivity contribution >= 4 is 16.9 Å². The number of carbonyl (C=O) groups is 1. The van der Waals surface area contributed by atoms with Crippen LogP contribution < -0.4 is 5.32 Å². The molecule has 1 amide bonds. The van der Waals surface area contributed by atoms with Crippen LogP contribution in [0.2, 0.25) is 0 Å². The minimum atomic E-state index is -0.0542. The van der Waals surface area contributed by atoms with Gasteiger partial charge in [-0.1, -0.05) is 27.7 Å². The molecule has 1 aliphatic heterocycles. The summed E-state index contributed by atoms with van der Waals surface area (Å²) in [4.78, 5) is 20.4. The number of hydrogen-bond donors (Lipinski definition) is 1. The Morgan fingerprint density at radius 3 is 2.45 bits per heavy atom. The van der Waals surface area contributed by atoms with Crippen molar-refractivity contribution in [3.05, 3.63) is 23.5 Å². The summed E-state index contributed by atoms with van der Waals surface area (Å²) >= 11 is 0. The Morgan fingerprint density at radius 2 is 1.86 bits per heavy atom. The Kier molecular flexibility index (Phi) is 6.90. The van der Waals surface area contributed by atoms with Gasteiger partial charge in [0, 0.05) is 37.4 Å². The maximum absolute atomic E-state index is 13.2. The quantitative estimate of drug-likeness (QED) is 0.771. The number of nitrogens with one attached hydrogen (secondary N) is 1. The Morgan fingerprint density at radius 1 is 1.17 bits per heavy atom. The maximum Gasteiger partial charge on any atom is 0.252 e. The highest BCUT2D eigenvalue weighted by molar-refractivity contribution is 6.05. The van der Waals surface area contributed by atoms with E-state index in [2.05, 4.69) is 56.9 Å². The van der Waals surface area contributed by atoms with Gasteiger partial charge in [0.25, 0.3) is 5.91 Å². The van der Waals surface area contributed by atoms with Crippen LogP contribution in [-0.4, -0.2) is 64.5 Å². The molecule has 1 aliphatic rings. The molecular weight excluding hydrogens is 366 g/mol. The zero-order valence-electron chi connectivity index (χ0n) is 18.6. The van der Waals surface area contributed by atoms with E-state index in [9.17, 15) is 4.79 Å². The van der Waals surface area contributed by atoms with Gasteiger partial charge in [0.15, 0.2) is 5.65 Å². The zero-order chi connectivity index (χ0) is 21.1. The van der Waals surface area contributed by atoms with E-state index in [1.807, 2.05) is 10.7 Å². The third-order valence-electron chi connectivity index (χ3n) is 5.67. The van der Waals surface area contributed by atoms with Crippen LogP contribution in [0.3, 0.4) is 0 Å². The molecule has 29 heavy (non-hydrogen) atoms. The summed E-state index contributed by atoms with van der Waals surface area (Å²) in [5.74, 6) is 0.625. The van der Waals surface area contributed by atoms with E-state index in [1.165, 1.54) is 0 Å². The summed E-state index contributed by atoms with van der Waals surface area (Å²) in [5, 5.41) is 8.49. The molecule has 1 atom stereocenters.